The maximum absolute atomic E-state index is 13.3. The highest BCUT2D eigenvalue weighted by Crippen LogP contribution is 2.46. The summed E-state index contributed by atoms with van der Waals surface area (Å²) in [6.07, 6.45) is 4.24. The van der Waals surface area contributed by atoms with Gasteiger partial charge in [0.2, 0.25) is 0 Å². The van der Waals surface area contributed by atoms with Crippen molar-refractivity contribution in [3.63, 3.8) is 0 Å². The minimum Gasteiger partial charge on any atom is -0.464 e. The molecule has 328 valence electrons. The highest BCUT2D eigenvalue weighted by molar-refractivity contribution is 5.83. The van der Waals surface area contributed by atoms with Gasteiger partial charge in [0.1, 0.15) is 63.7 Å². The summed E-state index contributed by atoms with van der Waals surface area (Å²) < 4.78 is 42.4. The topological polar surface area (TPSA) is 234 Å². The zero-order valence-electron chi connectivity index (χ0n) is 34.6. The molecule has 1 aliphatic rings. The Labute approximate surface area is 344 Å². The SMILES string of the molecule is C=CC(=O)OCC(COC(=O)C=C)(COC(=O)C=C)COC(=O)NC1CC(C)(C)CC(C)(CNC(=O)OCC(COC(=O)C=C)(COC(=O)C=C)COC(=O)C(C)C)C1. The van der Waals surface area contributed by atoms with Gasteiger partial charge in [0.25, 0.3) is 0 Å². The second-order valence-electron chi connectivity index (χ2n) is 15.7. The van der Waals surface area contributed by atoms with Crippen LogP contribution in [0.25, 0.3) is 0 Å². The lowest BCUT2D eigenvalue weighted by atomic mass is 9.62. The van der Waals surface area contributed by atoms with Gasteiger partial charge in [-0.1, -0.05) is 67.5 Å². The van der Waals surface area contributed by atoms with E-state index in [2.05, 4.69) is 43.5 Å². The van der Waals surface area contributed by atoms with Gasteiger partial charge in [-0.3, -0.25) is 4.79 Å². The molecule has 1 fully saturated rings. The minimum atomic E-state index is -1.54. The summed E-state index contributed by atoms with van der Waals surface area (Å²) in [5.74, 6) is -5.26. The molecule has 18 nitrogen and oxygen atoms in total. The minimum absolute atomic E-state index is 0.0792. The zero-order valence-corrected chi connectivity index (χ0v) is 34.6. The number of nitrogens with one attached hydrogen (secondary N) is 2. The van der Waals surface area contributed by atoms with Crippen molar-refractivity contribution in [3.8, 4) is 0 Å². The fourth-order valence-electron chi connectivity index (χ4n) is 6.16. The van der Waals surface area contributed by atoms with E-state index < -0.39 is 129 Å². The van der Waals surface area contributed by atoms with E-state index in [0.29, 0.717) is 19.3 Å². The molecule has 0 saturated heterocycles. The third kappa shape index (κ3) is 19.4. The molecule has 0 heterocycles. The third-order valence-corrected chi connectivity index (χ3v) is 8.87. The molecule has 1 saturated carbocycles. The summed E-state index contributed by atoms with van der Waals surface area (Å²) in [6.45, 7) is 22.0. The second kappa shape index (κ2) is 24.1. The van der Waals surface area contributed by atoms with Gasteiger partial charge in [0, 0.05) is 43.0 Å². The van der Waals surface area contributed by atoms with Gasteiger partial charge in [-0.25, -0.2) is 33.6 Å². The van der Waals surface area contributed by atoms with Gasteiger partial charge in [0.15, 0.2) is 0 Å². The molecule has 0 aliphatic heterocycles. The van der Waals surface area contributed by atoms with Crippen molar-refractivity contribution in [2.45, 2.75) is 59.9 Å². The van der Waals surface area contributed by atoms with Crippen LogP contribution < -0.4 is 10.6 Å². The number of alkyl carbamates (subject to hydrolysis) is 2. The monoisotopic (exact) mass is 834 g/mol. The van der Waals surface area contributed by atoms with E-state index in [1.165, 1.54) is 0 Å². The number of rotatable bonds is 25. The standard InChI is InChI=1S/C41H58N2O16/c1-11-30(44)52-20-40(21-53-31(45)12-2,22-54-32(46)13-3)27-59-37(51)43-29-16-38(8,9)18-39(10,17-29)19-42-36(50)58-26-41(23-55-33(47)14-4,24-56-34(48)15-5)25-57-35(49)28(6)7/h11-15,28-29H,1-5,16-27H2,6-10H3,(H,42,50)(H,43,51). The van der Waals surface area contributed by atoms with Crippen molar-refractivity contribution in [1.82, 2.24) is 10.6 Å². The first kappa shape index (κ1) is 51.1. The largest absolute Gasteiger partial charge is 0.464 e. The Bertz CT molecular complexity index is 1500. The van der Waals surface area contributed by atoms with E-state index in [9.17, 15) is 38.4 Å². The van der Waals surface area contributed by atoms with Gasteiger partial charge in [0.05, 0.1) is 5.92 Å². The van der Waals surface area contributed by atoms with Crippen LogP contribution in [0.1, 0.15) is 53.9 Å². The van der Waals surface area contributed by atoms with Gasteiger partial charge in [-0.05, 0) is 30.1 Å². The average Bonchev–Trinajstić information content (AvgIpc) is 3.19. The number of hydrogen-bond donors (Lipinski definition) is 2. The molecule has 0 aromatic carbocycles. The Morgan fingerprint density at radius 3 is 1.25 bits per heavy atom. The summed E-state index contributed by atoms with van der Waals surface area (Å²) in [5.41, 5.74) is -4.00. The van der Waals surface area contributed by atoms with Crippen molar-refractivity contribution >= 4 is 48.0 Å². The molecular weight excluding hydrogens is 776 g/mol. The number of ether oxygens (including phenoxy) is 8. The van der Waals surface area contributed by atoms with Crippen LogP contribution >= 0.6 is 0 Å². The lowest BCUT2D eigenvalue weighted by molar-refractivity contribution is -0.164. The lowest BCUT2D eigenvalue weighted by Gasteiger charge is -2.46. The molecule has 2 unspecified atom stereocenters. The van der Waals surface area contributed by atoms with Crippen molar-refractivity contribution in [2.24, 2.45) is 27.6 Å². The highest BCUT2D eigenvalue weighted by Gasteiger charge is 2.44. The maximum atomic E-state index is 13.3. The molecule has 0 bridgehead atoms. The van der Waals surface area contributed by atoms with Gasteiger partial charge in [-0.2, -0.15) is 0 Å². The van der Waals surface area contributed by atoms with E-state index in [-0.39, 0.29) is 12.0 Å². The fourth-order valence-corrected chi connectivity index (χ4v) is 6.16. The molecule has 2 atom stereocenters. The molecule has 59 heavy (non-hydrogen) atoms. The third-order valence-electron chi connectivity index (χ3n) is 8.87. The first-order chi connectivity index (χ1) is 27.6. The average molecular weight is 835 g/mol. The molecule has 1 aliphatic carbocycles. The van der Waals surface area contributed by atoms with Crippen molar-refractivity contribution in [3.05, 3.63) is 63.3 Å². The van der Waals surface area contributed by atoms with Crippen LogP contribution in [0.3, 0.4) is 0 Å². The van der Waals surface area contributed by atoms with E-state index in [4.69, 9.17) is 37.9 Å². The Hall–Kier alpha value is -5.94. The molecule has 0 spiro atoms. The normalized spacial score (nSPS) is 17.0. The Balaban J connectivity index is 3.15. The quantitative estimate of drug-likeness (QED) is 0.0755. The summed E-state index contributed by atoms with van der Waals surface area (Å²) in [7, 11) is 0. The van der Waals surface area contributed by atoms with Crippen molar-refractivity contribution in [1.29, 1.82) is 0 Å². The van der Waals surface area contributed by atoms with Crippen LogP contribution in [-0.2, 0) is 66.7 Å². The lowest BCUT2D eigenvalue weighted by Crippen LogP contribution is -2.51. The summed E-state index contributed by atoms with van der Waals surface area (Å²) >= 11 is 0. The van der Waals surface area contributed by atoms with Crippen molar-refractivity contribution < 1.29 is 76.3 Å². The number of hydrogen-bond acceptors (Lipinski definition) is 16. The van der Waals surface area contributed by atoms with Gasteiger partial charge in [-0.15, -0.1) is 0 Å². The van der Waals surface area contributed by atoms with Crippen LogP contribution in [0.5, 0.6) is 0 Å². The summed E-state index contributed by atoms with van der Waals surface area (Å²) in [4.78, 5) is 98.5. The van der Waals surface area contributed by atoms with E-state index in [1.54, 1.807) is 13.8 Å². The Morgan fingerprint density at radius 1 is 0.559 bits per heavy atom. The second-order valence-corrected chi connectivity index (χ2v) is 15.7. The van der Waals surface area contributed by atoms with Crippen molar-refractivity contribution in [2.75, 3.05) is 59.4 Å². The van der Waals surface area contributed by atoms with E-state index in [0.717, 1.165) is 30.4 Å². The molecule has 0 radical (unpaired) electrons. The number of esters is 6. The molecular formula is C41H58N2O16. The Kier molecular flexibility index (Phi) is 20.9. The first-order valence-electron chi connectivity index (χ1n) is 18.6. The Morgan fingerprint density at radius 2 is 0.898 bits per heavy atom. The molecule has 2 N–H and O–H groups in total. The zero-order chi connectivity index (χ0) is 44.9. The van der Waals surface area contributed by atoms with Gasteiger partial charge >= 0.3 is 48.0 Å². The fraction of sp³-hybridized carbons (Fsp3) is 0.561. The molecule has 0 aromatic heterocycles. The number of carbonyl (C=O) groups excluding carboxylic acids is 8. The number of carbonyl (C=O) groups is 8. The molecule has 18 heteroatoms. The molecule has 1 rings (SSSR count). The van der Waals surface area contributed by atoms with Crippen LogP contribution in [0.2, 0.25) is 0 Å². The van der Waals surface area contributed by atoms with Crippen LogP contribution in [0.15, 0.2) is 63.3 Å². The van der Waals surface area contributed by atoms with E-state index >= 15 is 0 Å². The predicted molar refractivity (Wildman–Crippen MR) is 210 cm³/mol. The van der Waals surface area contributed by atoms with Gasteiger partial charge < -0.3 is 48.5 Å². The van der Waals surface area contributed by atoms with Crippen LogP contribution in [0, 0.1) is 27.6 Å². The first-order valence-corrected chi connectivity index (χ1v) is 18.6. The maximum Gasteiger partial charge on any atom is 0.407 e. The predicted octanol–water partition coefficient (Wildman–Crippen LogP) is 3.84. The molecule has 0 aromatic rings. The number of amides is 2. The summed E-state index contributed by atoms with van der Waals surface area (Å²) in [5, 5.41) is 5.57. The van der Waals surface area contributed by atoms with Crippen LogP contribution in [0.4, 0.5) is 9.59 Å². The van der Waals surface area contributed by atoms with E-state index in [1.807, 2.05) is 20.8 Å². The molecule has 2 amide bonds. The summed E-state index contributed by atoms with van der Waals surface area (Å²) in [6, 6.07) is -0.471. The van der Waals surface area contributed by atoms with Crippen LogP contribution in [-0.4, -0.2) is 113 Å². The highest BCUT2D eigenvalue weighted by atomic mass is 16.6. The smallest absolute Gasteiger partial charge is 0.407 e.